The minimum Gasteiger partial charge on any atom is -0.496 e. The van der Waals surface area contributed by atoms with Gasteiger partial charge in [-0.3, -0.25) is 0 Å². The second-order valence-electron chi connectivity index (χ2n) is 4.04. The minimum absolute atomic E-state index is 0.180. The molecule has 0 bridgehead atoms. The van der Waals surface area contributed by atoms with E-state index in [4.69, 9.17) is 4.74 Å². The van der Waals surface area contributed by atoms with Crippen molar-refractivity contribution in [1.29, 1.82) is 0 Å². The van der Waals surface area contributed by atoms with Crippen molar-refractivity contribution in [3.63, 3.8) is 0 Å². The summed E-state index contributed by atoms with van der Waals surface area (Å²) in [4.78, 5) is 15.3. The zero-order valence-corrected chi connectivity index (χ0v) is 10.5. The van der Waals surface area contributed by atoms with E-state index in [0.29, 0.717) is 5.69 Å². The number of rotatable bonds is 3. The maximum Gasteiger partial charge on any atom is 0.354 e. The van der Waals surface area contributed by atoms with Gasteiger partial charge in [0.25, 0.3) is 0 Å². The first-order chi connectivity index (χ1) is 8.54. The van der Waals surface area contributed by atoms with E-state index in [9.17, 15) is 9.90 Å². The number of hydrogen-bond donors (Lipinski definition) is 1. The molecule has 0 spiro atoms. The molecule has 1 aromatic heterocycles. The van der Waals surface area contributed by atoms with Crippen molar-refractivity contribution < 1.29 is 14.6 Å². The van der Waals surface area contributed by atoms with Crippen LogP contribution < -0.4 is 4.74 Å². The van der Waals surface area contributed by atoms with Crippen LogP contribution in [0.15, 0.2) is 24.5 Å². The van der Waals surface area contributed by atoms with Gasteiger partial charge < -0.3 is 14.4 Å². The van der Waals surface area contributed by atoms with Crippen LogP contribution in [0.1, 0.15) is 16.1 Å². The summed E-state index contributed by atoms with van der Waals surface area (Å²) in [7, 11) is 3.27. The Bertz CT molecular complexity index is 602. The topological polar surface area (TPSA) is 64.4 Å². The van der Waals surface area contributed by atoms with Crippen molar-refractivity contribution in [3.05, 3.63) is 35.8 Å². The number of aromatic carboxylic acids is 1. The molecule has 18 heavy (non-hydrogen) atoms. The van der Waals surface area contributed by atoms with Gasteiger partial charge in [0.2, 0.25) is 0 Å². The third-order valence-corrected chi connectivity index (χ3v) is 2.81. The van der Waals surface area contributed by atoms with Gasteiger partial charge in [-0.05, 0) is 30.7 Å². The Balaban J connectivity index is 2.56. The second-order valence-corrected chi connectivity index (χ2v) is 4.04. The van der Waals surface area contributed by atoms with Gasteiger partial charge in [0.15, 0.2) is 5.69 Å². The molecule has 94 valence electrons. The van der Waals surface area contributed by atoms with Crippen LogP contribution in [0.25, 0.3) is 11.3 Å². The molecule has 0 saturated heterocycles. The molecular weight excluding hydrogens is 232 g/mol. The monoisotopic (exact) mass is 246 g/mol. The number of benzene rings is 1. The number of nitrogens with zero attached hydrogens (tertiary/aromatic N) is 2. The molecule has 0 amide bonds. The summed E-state index contributed by atoms with van der Waals surface area (Å²) < 4.78 is 6.67. The predicted octanol–water partition coefficient (Wildman–Crippen LogP) is 2.10. The fourth-order valence-electron chi connectivity index (χ4n) is 1.92. The first-order valence-electron chi connectivity index (χ1n) is 5.44. The van der Waals surface area contributed by atoms with Gasteiger partial charge in [-0.25, -0.2) is 9.78 Å². The highest BCUT2D eigenvalue weighted by atomic mass is 16.5. The van der Waals surface area contributed by atoms with E-state index in [0.717, 1.165) is 16.9 Å². The van der Waals surface area contributed by atoms with Crippen molar-refractivity contribution in [1.82, 2.24) is 9.55 Å². The number of hydrogen-bond acceptors (Lipinski definition) is 3. The van der Waals surface area contributed by atoms with E-state index >= 15 is 0 Å². The van der Waals surface area contributed by atoms with Crippen LogP contribution in [0, 0.1) is 6.92 Å². The van der Waals surface area contributed by atoms with Gasteiger partial charge in [0.05, 0.1) is 13.4 Å². The summed E-state index contributed by atoms with van der Waals surface area (Å²) in [5.41, 5.74) is 2.36. The van der Waals surface area contributed by atoms with Gasteiger partial charge in [-0.1, -0.05) is 0 Å². The van der Waals surface area contributed by atoms with Crippen molar-refractivity contribution in [3.8, 4) is 17.0 Å². The lowest BCUT2D eigenvalue weighted by molar-refractivity contribution is 0.0687. The van der Waals surface area contributed by atoms with E-state index in [1.165, 1.54) is 10.9 Å². The number of ether oxygens (including phenoxy) is 1. The summed E-state index contributed by atoms with van der Waals surface area (Å²) in [5.74, 6) is -0.218. The molecule has 2 rings (SSSR count). The largest absolute Gasteiger partial charge is 0.496 e. The highest BCUT2D eigenvalue weighted by Crippen LogP contribution is 2.27. The maximum absolute atomic E-state index is 11.2. The van der Waals surface area contributed by atoms with Crippen LogP contribution in [0.3, 0.4) is 0 Å². The van der Waals surface area contributed by atoms with Gasteiger partial charge in [-0.15, -0.1) is 0 Å². The zero-order valence-electron chi connectivity index (χ0n) is 10.5. The zero-order chi connectivity index (χ0) is 13.3. The van der Waals surface area contributed by atoms with E-state index in [1.807, 2.05) is 19.1 Å². The van der Waals surface area contributed by atoms with Gasteiger partial charge in [0, 0.05) is 12.6 Å². The number of aryl methyl sites for hydroxylation is 2. The average Bonchev–Trinajstić information content (AvgIpc) is 2.71. The van der Waals surface area contributed by atoms with Crippen LogP contribution in [0.2, 0.25) is 0 Å². The van der Waals surface area contributed by atoms with E-state index < -0.39 is 5.97 Å². The third kappa shape index (κ3) is 1.95. The SMILES string of the molecule is COc1ccc(-c2ncn(C)c2C(=O)O)cc1C. The lowest BCUT2D eigenvalue weighted by Crippen LogP contribution is -2.05. The lowest BCUT2D eigenvalue weighted by atomic mass is 10.1. The summed E-state index contributed by atoms with van der Waals surface area (Å²) in [6.07, 6.45) is 1.50. The Hall–Kier alpha value is -2.30. The molecule has 0 aliphatic rings. The summed E-state index contributed by atoms with van der Waals surface area (Å²) in [6, 6.07) is 5.49. The highest BCUT2D eigenvalue weighted by Gasteiger charge is 2.17. The number of imidazole rings is 1. The summed E-state index contributed by atoms with van der Waals surface area (Å²) in [5, 5.41) is 9.18. The molecule has 0 atom stereocenters. The van der Waals surface area contributed by atoms with Gasteiger partial charge in [0.1, 0.15) is 11.4 Å². The molecule has 0 aliphatic heterocycles. The number of carboxylic acid groups (broad SMARTS) is 1. The number of carboxylic acids is 1. The van der Waals surface area contributed by atoms with Gasteiger partial charge >= 0.3 is 5.97 Å². The first-order valence-corrected chi connectivity index (χ1v) is 5.44. The number of aromatic nitrogens is 2. The smallest absolute Gasteiger partial charge is 0.354 e. The third-order valence-electron chi connectivity index (χ3n) is 2.81. The predicted molar refractivity (Wildman–Crippen MR) is 66.9 cm³/mol. The molecule has 0 unspecified atom stereocenters. The van der Waals surface area contributed by atoms with Crippen LogP contribution in [-0.2, 0) is 7.05 Å². The molecule has 2 aromatic rings. The fraction of sp³-hybridized carbons (Fsp3) is 0.231. The summed E-state index contributed by atoms with van der Waals surface area (Å²) in [6.45, 7) is 1.91. The van der Waals surface area contributed by atoms with Crippen LogP contribution >= 0.6 is 0 Å². The molecule has 0 radical (unpaired) electrons. The average molecular weight is 246 g/mol. The quantitative estimate of drug-likeness (QED) is 0.900. The van der Waals surface area contributed by atoms with Crippen LogP contribution in [0.4, 0.5) is 0 Å². The van der Waals surface area contributed by atoms with Gasteiger partial charge in [-0.2, -0.15) is 0 Å². The molecule has 1 aromatic carbocycles. The molecule has 0 fully saturated rings. The van der Waals surface area contributed by atoms with Crippen molar-refractivity contribution in [2.45, 2.75) is 6.92 Å². The van der Waals surface area contributed by atoms with Crippen LogP contribution in [-0.4, -0.2) is 27.7 Å². The minimum atomic E-state index is -0.988. The molecule has 5 heteroatoms. The maximum atomic E-state index is 11.2. The van der Waals surface area contributed by atoms with Crippen LogP contribution in [0.5, 0.6) is 5.75 Å². The van der Waals surface area contributed by atoms with E-state index in [-0.39, 0.29) is 5.69 Å². The highest BCUT2D eigenvalue weighted by molar-refractivity contribution is 5.93. The normalized spacial score (nSPS) is 10.4. The molecule has 0 saturated carbocycles. The second kappa shape index (κ2) is 4.52. The van der Waals surface area contributed by atoms with E-state index in [2.05, 4.69) is 4.98 Å². The molecule has 1 heterocycles. The van der Waals surface area contributed by atoms with Crippen molar-refractivity contribution in [2.24, 2.45) is 7.05 Å². The molecule has 5 nitrogen and oxygen atoms in total. The number of carbonyl (C=O) groups is 1. The summed E-state index contributed by atoms with van der Waals surface area (Å²) >= 11 is 0. The Kier molecular flexibility index (Phi) is 3.06. The van der Waals surface area contributed by atoms with Crippen molar-refractivity contribution >= 4 is 5.97 Å². The molecule has 1 N–H and O–H groups in total. The Morgan fingerprint density at radius 1 is 1.44 bits per heavy atom. The lowest BCUT2D eigenvalue weighted by Gasteiger charge is -2.07. The standard InChI is InChI=1S/C13H14N2O3/c1-8-6-9(4-5-10(8)18-3)11-12(13(16)17)15(2)7-14-11/h4-7H,1-3H3,(H,16,17). The first kappa shape index (κ1) is 12.2. The molecular formula is C13H14N2O3. The Morgan fingerprint density at radius 2 is 2.17 bits per heavy atom. The van der Waals surface area contributed by atoms with Crippen molar-refractivity contribution in [2.75, 3.05) is 7.11 Å². The molecule has 0 aliphatic carbocycles. The fourth-order valence-corrected chi connectivity index (χ4v) is 1.92. The Morgan fingerprint density at radius 3 is 2.72 bits per heavy atom. The Labute approximate surface area is 105 Å². The van der Waals surface area contributed by atoms with E-state index in [1.54, 1.807) is 20.2 Å². The number of methoxy groups -OCH3 is 1.